The molecule has 27 heavy (non-hydrogen) atoms. The monoisotopic (exact) mass is 387 g/mol. The van der Waals surface area contributed by atoms with Crippen molar-refractivity contribution in [2.24, 2.45) is 0 Å². The largest absolute Gasteiger partial charge is 0.465 e. The predicted octanol–water partition coefficient (Wildman–Crippen LogP) is 3.45. The fourth-order valence-electron chi connectivity index (χ4n) is 2.11. The Balaban J connectivity index is 1.67. The number of rotatable bonds is 8. The van der Waals surface area contributed by atoms with Gasteiger partial charge in [0.25, 0.3) is 5.91 Å². The fraction of sp³-hybridized carbons (Fsp3) is 0.250. The van der Waals surface area contributed by atoms with Gasteiger partial charge in [-0.1, -0.05) is 17.7 Å². The molecule has 1 N–H and O–H groups in total. The van der Waals surface area contributed by atoms with E-state index in [-0.39, 0.29) is 13.0 Å². The van der Waals surface area contributed by atoms with Gasteiger partial charge in [-0.15, -0.1) is 11.8 Å². The van der Waals surface area contributed by atoms with Gasteiger partial charge in [0.1, 0.15) is 0 Å². The van der Waals surface area contributed by atoms with Crippen molar-refractivity contribution in [3.05, 3.63) is 59.7 Å². The van der Waals surface area contributed by atoms with Crippen LogP contribution in [0.5, 0.6) is 0 Å². The zero-order valence-electron chi connectivity index (χ0n) is 15.2. The highest BCUT2D eigenvalue weighted by Gasteiger charge is 2.09. The number of esters is 2. The number of carbonyl (C=O) groups is 3. The molecule has 0 saturated carbocycles. The molecule has 0 fully saturated rings. The third kappa shape index (κ3) is 7.15. The summed E-state index contributed by atoms with van der Waals surface area (Å²) in [7, 11) is 1.30. The minimum atomic E-state index is -0.453. The van der Waals surface area contributed by atoms with Crippen molar-refractivity contribution in [3.63, 3.8) is 0 Å². The van der Waals surface area contributed by atoms with E-state index < -0.39 is 17.8 Å². The zero-order chi connectivity index (χ0) is 19.6. The minimum Gasteiger partial charge on any atom is -0.465 e. The smallest absolute Gasteiger partial charge is 0.337 e. The van der Waals surface area contributed by atoms with E-state index in [4.69, 9.17) is 4.74 Å². The Hall–Kier alpha value is -2.80. The van der Waals surface area contributed by atoms with Crippen LogP contribution in [0.1, 0.15) is 22.3 Å². The SMILES string of the molecule is COC(=O)c1ccc(NC(=O)COC(=O)CCSc2ccc(C)cc2)cc1. The Labute approximate surface area is 162 Å². The van der Waals surface area contributed by atoms with Crippen LogP contribution >= 0.6 is 11.8 Å². The van der Waals surface area contributed by atoms with Gasteiger partial charge in [0, 0.05) is 16.3 Å². The van der Waals surface area contributed by atoms with E-state index in [9.17, 15) is 14.4 Å². The quantitative estimate of drug-likeness (QED) is 0.552. The maximum Gasteiger partial charge on any atom is 0.337 e. The van der Waals surface area contributed by atoms with Crippen LogP contribution in [-0.4, -0.2) is 37.3 Å². The van der Waals surface area contributed by atoms with Gasteiger partial charge >= 0.3 is 11.9 Å². The Morgan fingerprint density at radius 3 is 2.30 bits per heavy atom. The van der Waals surface area contributed by atoms with Crippen molar-refractivity contribution >= 4 is 35.3 Å². The number of carbonyl (C=O) groups excluding carboxylic acids is 3. The summed E-state index contributed by atoms with van der Waals surface area (Å²) in [5.74, 6) is -0.741. The molecule has 7 heteroatoms. The molecule has 0 atom stereocenters. The Bertz CT molecular complexity index is 787. The topological polar surface area (TPSA) is 81.7 Å². The molecule has 2 aromatic carbocycles. The summed E-state index contributed by atoms with van der Waals surface area (Å²) >= 11 is 1.56. The highest BCUT2D eigenvalue weighted by molar-refractivity contribution is 7.99. The van der Waals surface area contributed by atoms with E-state index in [1.165, 1.54) is 24.8 Å². The van der Waals surface area contributed by atoms with Gasteiger partial charge in [0.15, 0.2) is 6.61 Å². The van der Waals surface area contributed by atoms with Crippen LogP contribution in [0.4, 0.5) is 5.69 Å². The molecule has 2 rings (SSSR count). The van der Waals surface area contributed by atoms with Crippen LogP contribution in [0.3, 0.4) is 0 Å². The number of benzene rings is 2. The molecule has 1 amide bonds. The second kappa shape index (κ2) is 10.4. The number of nitrogens with one attached hydrogen (secondary N) is 1. The summed E-state index contributed by atoms with van der Waals surface area (Å²) in [6, 6.07) is 14.3. The van der Waals surface area contributed by atoms with E-state index in [2.05, 4.69) is 10.1 Å². The fourth-order valence-corrected chi connectivity index (χ4v) is 2.94. The Morgan fingerprint density at radius 2 is 1.67 bits per heavy atom. The first-order valence-corrected chi connectivity index (χ1v) is 9.30. The standard InChI is InChI=1S/C20H21NO5S/c1-14-3-9-17(10-4-14)27-12-11-19(23)26-13-18(22)21-16-7-5-15(6-8-16)20(24)25-2/h3-10H,11-13H2,1-2H3,(H,21,22). The lowest BCUT2D eigenvalue weighted by Crippen LogP contribution is -2.21. The van der Waals surface area contributed by atoms with Gasteiger partial charge in [0.2, 0.25) is 0 Å². The lowest BCUT2D eigenvalue weighted by atomic mass is 10.2. The van der Waals surface area contributed by atoms with Gasteiger partial charge in [-0.3, -0.25) is 9.59 Å². The number of thioether (sulfide) groups is 1. The number of hydrogen-bond acceptors (Lipinski definition) is 6. The number of hydrogen-bond donors (Lipinski definition) is 1. The number of ether oxygens (including phenoxy) is 2. The van der Waals surface area contributed by atoms with Crippen LogP contribution in [0.2, 0.25) is 0 Å². The van der Waals surface area contributed by atoms with Crippen LogP contribution in [-0.2, 0) is 19.1 Å². The molecule has 142 valence electrons. The van der Waals surface area contributed by atoms with E-state index in [0.29, 0.717) is 17.0 Å². The van der Waals surface area contributed by atoms with E-state index in [0.717, 1.165) is 4.90 Å². The van der Waals surface area contributed by atoms with Crippen molar-refractivity contribution in [3.8, 4) is 0 Å². The normalized spacial score (nSPS) is 10.1. The van der Waals surface area contributed by atoms with Gasteiger partial charge in [-0.05, 0) is 43.3 Å². The first-order valence-electron chi connectivity index (χ1n) is 8.31. The number of anilines is 1. The lowest BCUT2D eigenvalue weighted by molar-refractivity contribution is -0.146. The second-order valence-corrected chi connectivity index (χ2v) is 6.86. The average molecular weight is 387 g/mol. The summed E-state index contributed by atoms with van der Waals surface area (Å²) < 4.78 is 9.58. The van der Waals surface area contributed by atoms with Crippen molar-refractivity contribution in [1.82, 2.24) is 0 Å². The van der Waals surface area contributed by atoms with Crippen LogP contribution in [0.25, 0.3) is 0 Å². The molecule has 0 unspecified atom stereocenters. The maximum atomic E-state index is 11.8. The number of amides is 1. The molecule has 0 spiro atoms. The molecule has 0 aliphatic heterocycles. The highest BCUT2D eigenvalue weighted by atomic mass is 32.2. The van der Waals surface area contributed by atoms with Gasteiger partial charge in [-0.25, -0.2) is 4.79 Å². The van der Waals surface area contributed by atoms with Crippen LogP contribution in [0.15, 0.2) is 53.4 Å². The molecule has 0 aliphatic rings. The molecule has 2 aromatic rings. The molecule has 0 saturated heterocycles. The number of aryl methyl sites for hydroxylation is 1. The first kappa shape index (κ1) is 20.5. The van der Waals surface area contributed by atoms with E-state index in [1.807, 2.05) is 31.2 Å². The van der Waals surface area contributed by atoms with Crippen molar-refractivity contribution in [2.75, 3.05) is 24.8 Å². The summed E-state index contributed by atoms with van der Waals surface area (Å²) in [5.41, 5.74) is 2.07. The molecular formula is C20H21NO5S. The molecule has 0 heterocycles. The average Bonchev–Trinajstić information content (AvgIpc) is 2.68. The van der Waals surface area contributed by atoms with Crippen molar-refractivity contribution < 1.29 is 23.9 Å². The van der Waals surface area contributed by atoms with Crippen molar-refractivity contribution in [1.29, 1.82) is 0 Å². The van der Waals surface area contributed by atoms with Crippen molar-refractivity contribution in [2.45, 2.75) is 18.2 Å². The lowest BCUT2D eigenvalue weighted by Gasteiger charge is -2.07. The minimum absolute atomic E-state index is 0.222. The first-order chi connectivity index (χ1) is 13.0. The Morgan fingerprint density at radius 1 is 1.00 bits per heavy atom. The summed E-state index contributed by atoms with van der Waals surface area (Å²) in [4.78, 5) is 36.0. The predicted molar refractivity (Wildman–Crippen MR) is 104 cm³/mol. The van der Waals surface area contributed by atoms with E-state index in [1.54, 1.807) is 23.9 Å². The molecule has 0 radical (unpaired) electrons. The summed E-state index contributed by atoms with van der Waals surface area (Å²) in [6.07, 6.45) is 0.222. The molecule has 0 aromatic heterocycles. The summed E-state index contributed by atoms with van der Waals surface area (Å²) in [5, 5.41) is 2.60. The molecule has 0 bridgehead atoms. The van der Waals surface area contributed by atoms with Crippen LogP contribution in [0, 0.1) is 6.92 Å². The van der Waals surface area contributed by atoms with Gasteiger partial charge in [-0.2, -0.15) is 0 Å². The Kier molecular flexibility index (Phi) is 7.88. The highest BCUT2D eigenvalue weighted by Crippen LogP contribution is 2.19. The second-order valence-electron chi connectivity index (χ2n) is 5.69. The zero-order valence-corrected chi connectivity index (χ0v) is 16.0. The third-order valence-corrected chi connectivity index (χ3v) is 4.56. The molecular weight excluding hydrogens is 366 g/mol. The summed E-state index contributed by atoms with van der Waals surface area (Å²) in [6.45, 7) is 1.66. The van der Waals surface area contributed by atoms with Gasteiger partial charge in [0.05, 0.1) is 19.1 Å². The van der Waals surface area contributed by atoms with Gasteiger partial charge < -0.3 is 14.8 Å². The maximum absolute atomic E-state index is 11.8. The van der Waals surface area contributed by atoms with E-state index >= 15 is 0 Å². The van der Waals surface area contributed by atoms with Crippen LogP contribution < -0.4 is 5.32 Å². The number of methoxy groups -OCH3 is 1. The molecule has 6 nitrogen and oxygen atoms in total. The third-order valence-electron chi connectivity index (χ3n) is 3.55. The molecule has 0 aliphatic carbocycles.